The molecule has 0 radical (unpaired) electrons. The second-order valence-electron chi connectivity index (χ2n) is 5.91. The number of nitrogens with one attached hydrogen (secondary N) is 1. The van der Waals surface area contributed by atoms with Crippen LogP contribution in [0.15, 0.2) is 30.3 Å². The normalized spacial score (nSPS) is 13.5. The lowest BCUT2D eigenvalue weighted by atomic mass is 10.1. The molecule has 3 aromatic rings. The fourth-order valence-electron chi connectivity index (χ4n) is 3.08. The molecule has 2 heterocycles. The molecular weight excluding hydrogens is 292 g/mol. The molecule has 0 saturated heterocycles. The van der Waals surface area contributed by atoms with Gasteiger partial charge in [-0.05, 0) is 25.8 Å². The molecule has 3 N–H and O–H groups in total. The third-order valence-electron chi connectivity index (χ3n) is 4.35. The first kappa shape index (κ1) is 13.5. The highest BCUT2D eigenvalue weighted by molar-refractivity contribution is 7.21. The van der Waals surface area contributed by atoms with E-state index in [4.69, 9.17) is 5.73 Å². The van der Waals surface area contributed by atoms with Crippen LogP contribution in [0.4, 0.5) is 5.69 Å². The Kier molecular flexibility index (Phi) is 3.01. The summed E-state index contributed by atoms with van der Waals surface area (Å²) in [5.41, 5.74) is 11.3. The molecule has 4 heteroatoms. The first-order valence-electron chi connectivity index (χ1n) is 7.51. The van der Waals surface area contributed by atoms with Crippen LogP contribution in [0.5, 0.6) is 0 Å². The van der Waals surface area contributed by atoms with Crippen molar-refractivity contribution in [3.63, 3.8) is 0 Å². The van der Waals surface area contributed by atoms with Gasteiger partial charge in [0.05, 0.1) is 11.1 Å². The minimum atomic E-state index is 0.00672. The van der Waals surface area contributed by atoms with E-state index < -0.39 is 0 Å². The number of nitrogen functional groups attached to an aromatic ring is 1. The smallest absolute Gasteiger partial charge is 0.270 e. The summed E-state index contributed by atoms with van der Waals surface area (Å²) in [5, 5.41) is 0.987. The number of pyridine rings is 1. The summed E-state index contributed by atoms with van der Waals surface area (Å²) in [6.07, 6.45) is 3.38. The molecule has 0 saturated carbocycles. The minimum absolute atomic E-state index is 0.00672. The molecule has 0 unspecified atom stereocenters. The molecular formula is C18H17N2OS+. The van der Waals surface area contributed by atoms with Gasteiger partial charge in [0.2, 0.25) is 5.78 Å². The second kappa shape index (κ2) is 4.92. The van der Waals surface area contributed by atoms with Crippen LogP contribution in [-0.4, -0.2) is 5.78 Å². The number of hydrogen-bond acceptors (Lipinski definition) is 3. The number of rotatable bonds is 2. The van der Waals surface area contributed by atoms with E-state index in [1.807, 2.05) is 31.2 Å². The lowest BCUT2D eigenvalue weighted by molar-refractivity contribution is -0.354. The van der Waals surface area contributed by atoms with Gasteiger partial charge in [-0.3, -0.25) is 4.79 Å². The summed E-state index contributed by atoms with van der Waals surface area (Å²) in [4.78, 5) is 17.8. The van der Waals surface area contributed by atoms with Crippen molar-refractivity contribution < 1.29 is 9.78 Å². The summed E-state index contributed by atoms with van der Waals surface area (Å²) in [5.74, 6) is 0.00672. The minimum Gasteiger partial charge on any atom is -0.397 e. The van der Waals surface area contributed by atoms with Crippen LogP contribution in [-0.2, 0) is 12.8 Å². The predicted molar refractivity (Wildman–Crippen MR) is 89.4 cm³/mol. The summed E-state index contributed by atoms with van der Waals surface area (Å²) < 4.78 is 0. The van der Waals surface area contributed by atoms with Crippen LogP contribution in [0.3, 0.4) is 0 Å². The first-order chi connectivity index (χ1) is 10.6. The van der Waals surface area contributed by atoms with Crippen LogP contribution in [0.25, 0.3) is 10.2 Å². The van der Waals surface area contributed by atoms with Crippen molar-refractivity contribution in [2.45, 2.75) is 26.2 Å². The maximum absolute atomic E-state index is 12.7. The molecule has 1 aromatic carbocycles. The Bertz CT molecular complexity index is 894. The van der Waals surface area contributed by atoms with Crippen LogP contribution in [0, 0.1) is 6.92 Å². The number of nitrogens with two attached hydrogens (primary N) is 1. The average Bonchev–Trinajstić information content (AvgIpc) is 3.10. The highest BCUT2D eigenvalue weighted by atomic mass is 32.1. The molecule has 2 aromatic heterocycles. The van der Waals surface area contributed by atoms with E-state index in [1.165, 1.54) is 29.0 Å². The molecule has 0 spiro atoms. The average molecular weight is 309 g/mol. The number of carbonyl (C=O) groups excluding carboxylic acids is 1. The number of aromatic amines is 1. The van der Waals surface area contributed by atoms with Crippen molar-refractivity contribution in [2.24, 2.45) is 0 Å². The topological polar surface area (TPSA) is 57.2 Å². The number of anilines is 1. The van der Waals surface area contributed by atoms with Crippen molar-refractivity contribution in [2.75, 3.05) is 5.73 Å². The van der Waals surface area contributed by atoms with Gasteiger partial charge in [0.15, 0.2) is 5.69 Å². The van der Waals surface area contributed by atoms with E-state index in [1.54, 1.807) is 0 Å². The van der Waals surface area contributed by atoms with E-state index in [-0.39, 0.29) is 5.78 Å². The third-order valence-corrected chi connectivity index (χ3v) is 5.48. The van der Waals surface area contributed by atoms with Gasteiger partial charge in [-0.15, -0.1) is 0 Å². The Morgan fingerprint density at radius 2 is 2.00 bits per heavy atom. The number of carbonyl (C=O) groups is 1. The zero-order valence-electron chi connectivity index (χ0n) is 12.4. The van der Waals surface area contributed by atoms with Crippen molar-refractivity contribution in [1.29, 1.82) is 0 Å². The van der Waals surface area contributed by atoms with Crippen molar-refractivity contribution in [3.05, 3.63) is 57.6 Å². The predicted octanol–water partition coefficient (Wildman–Crippen LogP) is 3.33. The van der Waals surface area contributed by atoms with Crippen LogP contribution >= 0.6 is 11.3 Å². The van der Waals surface area contributed by atoms with Crippen LogP contribution in [0.1, 0.15) is 38.5 Å². The van der Waals surface area contributed by atoms with Gasteiger partial charge in [0, 0.05) is 17.5 Å². The number of H-pyrrole nitrogens is 1. The number of benzene rings is 1. The quantitative estimate of drug-likeness (QED) is 0.738. The molecule has 0 amide bonds. The monoisotopic (exact) mass is 309 g/mol. The summed E-state index contributed by atoms with van der Waals surface area (Å²) in [7, 11) is 0. The highest BCUT2D eigenvalue weighted by Gasteiger charge is 2.25. The molecule has 0 atom stereocenters. The molecule has 1 aliphatic carbocycles. The van der Waals surface area contributed by atoms with Crippen molar-refractivity contribution >= 4 is 33.0 Å². The lowest BCUT2D eigenvalue weighted by Crippen LogP contribution is -2.09. The zero-order chi connectivity index (χ0) is 15.3. The lowest BCUT2D eigenvalue weighted by Gasteiger charge is -2.00. The van der Waals surface area contributed by atoms with Gasteiger partial charge in [0.25, 0.3) is 4.83 Å². The number of thiophene rings is 1. The standard InChI is InChI=1S/C18H16N2OS/c1-10-5-7-11(8-6-10)16(21)17-15(19)13-9-12-3-2-4-14(12)20-18(13)22-17/h5-9H,2-4,19H2,1H3/p+1. The summed E-state index contributed by atoms with van der Waals surface area (Å²) in [6, 6.07) is 9.80. The Morgan fingerprint density at radius 3 is 2.77 bits per heavy atom. The third kappa shape index (κ3) is 2.03. The van der Waals surface area contributed by atoms with Gasteiger partial charge >= 0.3 is 0 Å². The first-order valence-corrected chi connectivity index (χ1v) is 8.32. The number of hydrogen-bond donors (Lipinski definition) is 1. The van der Waals surface area contributed by atoms with E-state index in [9.17, 15) is 4.79 Å². The molecule has 22 heavy (non-hydrogen) atoms. The summed E-state index contributed by atoms with van der Waals surface area (Å²) >= 11 is 1.47. The van der Waals surface area contributed by atoms with E-state index >= 15 is 0 Å². The molecule has 0 aliphatic heterocycles. The number of fused-ring (bicyclic) bond motifs is 2. The fraction of sp³-hybridized carbons (Fsp3) is 0.222. The Morgan fingerprint density at radius 1 is 1.23 bits per heavy atom. The number of aryl methyl sites for hydroxylation is 3. The second-order valence-corrected chi connectivity index (χ2v) is 6.93. The van der Waals surface area contributed by atoms with Gasteiger partial charge in [0.1, 0.15) is 4.88 Å². The Balaban J connectivity index is 1.83. The van der Waals surface area contributed by atoms with Crippen LogP contribution in [0.2, 0.25) is 0 Å². The Hall–Kier alpha value is -2.20. The van der Waals surface area contributed by atoms with Gasteiger partial charge in [-0.1, -0.05) is 41.2 Å². The molecule has 0 bridgehead atoms. The highest BCUT2D eigenvalue weighted by Crippen LogP contribution is 2.35. The van der Waals surface area contributed by atoms with Crippen molar-refractivity contribution in [3.8, 4) is 0 Å². The van der Waals surface area contributed by atoms with E-state index in [0.29, 0.717) is 16.1 Å². The Labute approximate surface area is 132 Å². The van der Waals surface area contributed by atoms with E-state index in [2.05, 4.69) is 11.1 Å². The number of aromatic nitrogens is 1. The zero-order valence-corrected chi connectivity index (χ0v) is 13.2. The maximum Gasteiger partial charge on any atom is 0.270 e. The van der Waals surface area contributed by atoms with Gasteiger partial charge in [-0.2, -0.15) is 4.98 Å². The molecule has 1 aliphatic rings. The SMILES string of the molecule is Cc1ccc(C(=O)c2sc3[nH+]c4c(cc3c2N)CCC4)cc1. The number of ketones is 1. The van der Waals surface area contributed by atoms with Gasteiger partial charge in [-0.25, -0.2) is 0 Å². The fourth-order valence-corrected chi connectivity index (χ4v) is 4.17. The largest absolute Gasteiger partial charge is 0.397 e. The van der Waals surface area contributed by atoms with Crippen LogP contribution < -0.4 is 10.7 Å². The van der Waals surface area contributed by atoms with Crippen molar-refractivity contribution in [1.82, 2.24) is 0 Å². The molecule has 110 valence electrons. The molecule has 0 fully saturated rings. The molecule has 4 rings (SSSR count). The van der Waals surface area contributed by atoms with E-state index in [0.717, 1.165) is 28.6 Å². The van der Waals surface area contributed by atoms with Gasteiger partial charge < -0.3 is 5.73 Å². The maximum atomic E-state index is 12.7. The summed E-state index contributed by atoms with van der Waals surface area (Å²) in [6.45, 7) is 2.01. The molecule has 3 nitrogen and oxygen atoms in total.